The maximum Gasteiger partial charge on any atom is 0.335 e. The number of aromatic carboxylic acids is 1. The van der Waals surface area contributed by atoms with Crippen LogP contribution in [0.25, 0.3) is 0 Å². The number of amides is 1. The largest absolute Gasteiger partial charge is 0.478 e. The van der Waals surface area contributed by atoms with Crippen LogP contribution >= 0.6 is 0 Å². The molecule has 25 heavy (non-hydrogen) atoms. The summed E-state index contributed by atoms with van der Waals surface area (Å²) in [6.07, 6.45) is 2.97. The van der Waals surface area contributed by atoms with Crippen LogP contribution < -0.4 is 5.32 Å². The first-order chi connectivity index (χ1) is 12.0. The molecule has 0 aromatic heterocycles. The van der Waals surface area contributed by atoms with E-state index >= 15 is 0 Å². The van der Waals surface area contributed by atoms with Gasteiger partial charge in [0.2, 0.25) is 5.91 Å². The normalized spacial score (nSPS) is 19.6. The van der Waals surface area contributed by atoms with E-state index in [4.69, 9.17) is 5.11 Å². The molecule has 0 heterocycles. The van der Waals surface area contributed by atoms with Crippen molar-refractivity contribution < 1.29 is 19.1 Å². The van der Waals surface area contributed by atoms with E-state index in [1.807, 2.05) is 12.1 Å². The summed E-state index contributed by atoms with van der Waals surface area (Å²) >= 11 is 0. The van der Waals surface area contributed by atoms with Crippen molar-refractivity contribution in [1.29, 1.82) is 0 Å². The maximum absolute atomic E-state index is 13.0. The van der Waals surface area contributed by atoms with E-state index in [2.05, 4.69) is 5.32 Å². The predicted octanol–water partition coefficient (Wildman–Crippen LogP) is 3.52. The van der Waals surface area contributed by atoms with E-state index in [1.165, 1.54) is 24.3 Å². The second kappa shape index (κ2) is 7.47. The molecule has 130 valence electrons. The number of carbonyl (C=O) groups is 2. The van der Waals surface area contributed by atoms with Crippen molar-refractivity contribution in [2.75, 3.05) is 0 Å². The summed E-state index contributed by atoms with van der Waals surface area (Å²) in [5.41, 5.74) is 2.11. The zero-order valence-electron chi connectivity index (χ0n) is 13.7. The molecule has 0 bridgehead atoms. The summed E-state index contributed by atoms with van der Waals surface area (Å²) in [5.74, 6) is -0.928. The first-order valence-electron chi connectivity index (χ1n) is 8.38. The van der Waals surface area contributed by atoms with Gasteiger partial charge in [0.1, 0.15) is 5.82 Å². The second-order valence-corrected chi connectivity index (χ2v) is 6.50. The van der Waals surface area contributed by atoms with Crippen LogP contribution in [-0.4, -0.2) is 23.0 Å². The van der Waals surface area contributed by atoms with E-state index in [-0.39, 0.29) is 29.8 Å². The van der Waals surface area contributed by atoms with Crippen LogP contribution in [0.3, 0.4) is 0 Å². The number of benzene rings is 2. The first-order valence-corrected chi connectivity index (χ1v) is 8.38. The van der Waals surface area contributed by atoms with E-state index < -0.39 is 5.97 Å². The minimum absolute atomic E-state index is 0.0622. The molecule has 1 fully saturated rings. The number of carbonyl (C=O) groups excluding carboxylic acids is 1. The standard InChI is InChI=1S/C20H20FNO3/c21-17-8-5-14(6-9-17)16-7-10-18(12-16)22-19(23)11-13-1-3-15(4-2-13)20(24)25/h1-6,8-9,16,18H,7,10-12H2,(H,22,23)(H,24,25). The molecule has 2 aromatic rings. The number of carboxylic acids is 1. The molecule has 0 radical (unpaired) electrons. The number of carboxylic acid groups (broad SMARTS) is 1. The molecule has 2 N–H and O–H groups in total. The summed E-state index contributed by atoms with van der Waals surface area (Å²) in [4.78, 5) is 23.0. The quantitative estimate of drug-likeness (QED) is 0.874. The van der Waals surface area contributed by atoms with Crippen LogP contribution in [0.2, 0.25) is 0 Å². The first kappa shape index (κ1) is 17.1. The SMILES string of the molecule is O=C(Cc1ccc(C(=O)O)cc1)NC1CCC(c2ccc(F)cc2)C1. The van der Waals surface area contributed by atoms with Crippen LogP contribution in [0, 0.1) is 5.82 Å². The number of rotatable bonds is 5. The molecule has 0 saturated heterocycles. The fourth-order valence-electron chi connectivity index (χ4n) is 3.38. The molecule has 2 atom stereocenters. The molecule has 1 aliphatic carbocycles. The number of hydrogen-bond acceptors (Lipinski definition) is 2. The highest BCUT2D eigenvalue weighted by atomic mass is 19.1. The van der Waals surface area contributed by atoms with Crippen molar-refractivity contribution in [1.82, 2.24) is 5.32 Å². The zero-order valence-corrected chi connectivity index (χ0v) is 13.7. The van der Waals surface area contributed by atoms with Gasteiger partial charge >= 0.3 is 5.97 Å². The Morgan fingerprint density at radius 3 is 2.36 bits per heavy atom. The zero-order chi connectivity index (χ0) is 17.8. The Bertz CT molecular complexity index is 756. The average Bonchev–Trinajstić information content (AvgIpc) is 3.04. The molecule has 2 unspecified atom stereocenters. The summed E-state index contributed by atoms with van der Waals surface area (Å²) in [6.45, 7) is 0. The summed E-state index contributed by atoms with van der Waals surface area (Å²) in [6, 6.07) is 13.0. The molecule has 1 amide bonds. The van der Waals surface area contributed by atoms with Crippen molar-refractivity contribution in [2.24, 2.45) is 0 Å². The molecule has 2 aromatic carbocycles. The molecule has 1 aliphatic rings. The van der Waals surface area contributed by atoms with Gasteiger partial charge in [0.05, 0.1) is 12.0 Å². The fourth-order valence-corrected chi connectivity index (χ4v) is 3.38. The molecule has 5 heteroatoms. The minimum atomic E-state index is -0.978. The molecule has 0 aliphatic heterocycles. The lowest BCUT2D eigenvalue weighted by Crippen LogP contribution is -2.34. The van der Waals surface area contributed by atoms with Crippen molar-refractivity contribution in [2.45, 2.75) is 37.6 Å². The van der Waals surface area contributed by atoms with Crippen molar-refractivity contribution in [3.8, 4) is 0 Å². The Morgan fingerprint density at radius 2 is 1.72 bits per heavy atom. The summed E-state index contributed by atoms with van der Waals surface area (Å²) in [7, 11) is 0. The monoisotopic (exact) mass is 341 g/mol. The van der Waals surface area contributed by atoms with Gasteiger partial charge in [0.25, 0.3) is 0 Å². The molecule has 3 rings (SSSR count). The van der Waals surface area contributed by atoms with Gasteiger partial charge in [0, 0.05) is 6.04 Å². The summed E-state index contributed by atoms with van der Waals surface area (Å²) < 4.78 is 13.0. The number of nitrogens with one attached hydrogen (secondary N) is 1. The Labute approximate surface area is 145 Å². The lowest BCUT2D eigenvalue weighted by Gasteiger charge is -2.14. The van der Waals surface area contributed by atoms with E-state index in [1.54, 1.807) is 12.1 Å². The molecular formula is C20H20FNO3. The lowest BCUT2D eigenvalue weighted by molar-refractivity contribution is -0.121. The predicted molar refractivity (Wildman–Crippen MR) is 92.0 cm³/mol. The third-order valence-electron chi connectivity index (χ3n) is 4.70. The molecular weight excluding hydrogens is 321 g/mol. The Morgan fingerprint density at radius 1 is 1.04 bits per heavy atom. The van der Waals surface area contributed by atoms with Gasteiger partial charge in [0.15, 0.2) is 0 Å². The van der Waals surface area contributed by atoms with Gasteiger partial charge < -0.3 is 10.4 Å². The number of hydrogen-bond donors (Lipinski definition) is 2. The highest BCUT2D eigenvalue weighted by Gasteiger charge is 2.26. The Hall–Kier alpha value is -2.69. The Balaban J connectivity index is 1.51. The molecule has 4 nitrogen and oxygen atoms in total. The van der Waals surface area contributed by atoms with E-state index in [9.17, 15) is 14.0 Å². The third kappa shape index (κ3) is 4.44. The van der Waals surface area contributed by atoms with Gasteiger partial charge in [-0.3, -0.25) is 4.79 Å². The smallest absolute Gasteiger partial charge is 0.335 e. The molecule has 0 spiro atoms. The highest BCUT2D eigenvalue weighted by Crippen LogP contribution is 2.34. The van der Waals surface area contributed by atoms with Gasteiger partial charge in [-0.05, 0) is 60.6 Å². The van der Waals surface area contributed by atoms with E-state index in [0.29, 0.717) is 5.92 Å². The van der Waals surface area contributed by atoms with Crippen LogP contribution in [0.1, 0.15) is 46.7 Å². The second-order valence-electron chi connectivity index (χ2n) is 6.50. The van der Waals surface area contributed by atoms with Crippen LogP contribution in [-0.2, 0) is 11.2 Å². The van der Waals surface area contributed by atoms with Crippen molar-refractivity contribution >= 4 is 11.9 Å². The number of halogens is 1. The third-order valence-corrected chi connectivity index (χ3v) is 4.70. The average molecular weight is 341 g/mol. The topological polar surface area (TPSA) is 66.4 Å². The van der Waals surface area contributed by atoms with Crippen LogP contribution in [0.4, 0.5) is 4.39 Å². The van der Waals surface area contributed by atoms with Crippen LogP contribution in [0.15, 0.2) is 48.5 Å². The van der Waals surface area contributed by atoms with E-state index in [0.717, 1.165) is 30.4 Å². The van der Waals surface area contributed by atoms with Gasteiger partial charge in [-0.2, -0.15) is 0 Å². The van der Waals surface area contributed by atoms with Gasteiger partial charge in [-0.25, -0.2) is 9.18 Å². The highest BCUT2D eigenvalue weighted by molar-refractivity contribution is 5.87. The van der Waals surface area contributed by atoms with Crippen molar-refractivity contribution in [3.05, 3.63) is 71.0 Å². The lowest BCUT2D eigenvalue weighted by atomic mass is 9.97. The fraction of sp³-hybridized carbons (Fsp3) is 0.300. The molecule has 1 saturated carbocycles. The minimum Gasteiger partial charge on any atom is -0.478 e. The van der Waals surface area contributed by atoms with Crippen molar-refractivity contribution in [3.63, 3.8) is 0 Å². The van der Waals surface area contributed by atoms with Gasteiger partial charge in [-0.15, -0.1) is 0 Å². The van der Waals surface area contributed by atoms with Gasteiger partial charge in [-0.1, -0.05) is 24.3 Å². The summed E-state index contributed by atoms with van der Waals surface area (Å²) in [5, 5.41) is 11.9. The Kier molecular flexibility index (Phi) is 5.12. The van der Waals surface area contributed by atoms with Crippen LogP contribution in [0.5, 0.6) is 0 Å². The maximum atomic E-state index is 13.0.